The van der Waals surface area contributed by atoms with Crippen molar-refractivity contribution in [1.29, 1.82) is 5.41 Å². The summed E-state index contributed by atoms with van der Waals surface area (Å²) in [7, 11) is -0.318. The Balaban J connectivity index is 1.12. The Labute approximate surface area is 368 Å². The van der Waals surface area contributed by atoms with Crippen molar-refractivity contribution in [2.24, 2.45) is 5.92 Å². The lowest BCUT2D eigenvalue weighted by Gasteiger charge is -2.34. The van der Waals surface area contributed by atoms with Crippen LogP contribution in [0, 0.1) is 31.0 Å². The first-order valence-corrected chi connectivity index (χ1v) is 22.5. The molecular weight excluding hydrogens is 842 g/mol. The summed E-state index contributed by atoms with van der Waals surface area (Å²) in [6.45, 7) is 9.02. The number of aromatic amines is 1. The number of rotatable bonds is 10. The Hall–Kier alpha value is -6.66. The summed E-state index contributed by atoms with van der Waals surface area (Å²) < 4.78 is 50.4. The van der Waals surface area contributed by atoms with E-state index in [2.05, 4.69) is 35.3 Å². The summed E-state index contributed by atoms with van der Waals surface area (Å²) in [5.41, 5.74) is 5.03. The van der Waals surface area contributed by atoms with Crippen LogP contribution in [0.4, 0.5) is 4.39 Å². The fourth-order valence-corrected chi connectivity index (χ4v) is 10.7. The number of imidazole rings is 1. The predicted octanol–water partition coefficient (Wildman–Crippen LogP) is 6.36. The van der Waals surface area contributed by atoms with E-state index in [1.807, 2.05) is 17.6 Å². The Kier molecular flexibility index (Phi) is 10.0. The van der Waals surface area contributed by atoms with Gasteiger partial charge in [-0.1, -0.05) is 18.1 Å². The molecule has 1 unspecified atom stereocenters. The molecule has 330 valence electrons. The van der Waals surface area contributed by atoms with Gasteiger partial charge in [0.1, 0.15) is 28.6 Å². The molecular formula is C46H46FN9O7S. The van der Waals surface area contributed by atoms with Crippen molar-refractivity contribution < 1.29 is 27.4 Å². The van der Waals surface area contributed by atoms with E-state index in [4.69, 9.17) is 24.5 Å². The smallest absolute Gasteiger partial charge is 0.438 e. The molecule has 4 aromatic heterocycles. The highest BCUT2D eigenvalue weighted by molar-refractivity contribution is 7.98. The van der Waals surface area contributed by atoms with Crippen LogP contribution in [0.1, 0.15) is 89.3 Å². The third-order valence-corrected chi connectivity index (χ3v) is 14.4. The van der Waals surface area contributed by atoms with Crippen molar-refractivity contribution in [3.05, 3.63) is 133 Å². The van der Waals surface area contributed by atoms with Gasteiger partial charge in [-0.15, -0.1) is 0 Å². The standard InChI is InChI=1S/C46H46FN9O7S/c1-25-18-33(19-26(2)40(25)47)56-41(54-15-14-53(45(54)59)32-7-9-38(64(60)24-48)37(22-32)61-5)39-28(4)52(13-10-34(39)50-56)42(57)36-21-31-20-30(29-11-16-62-17-12-29)6-8-35(31)55(36)46(23-27(46)3)43-49-44(58)63-51-43/h6-9,14-15,18-22,24,27-29,48H,10-13,16-17,23H2,1-5H3,(H,49,51,58)/t27-,28-,46-,64?/m0/s1. The molecule has 7 aromatic rings. The lowest BCUT2D eigenvalue weighted by Crippen LogP contribution is -2.41. The number of ether oxygens (including phenoxy) is 2. The molecule has 1 saturated heterocycles. The van der Waals surface area contributed by atoms with Crippen LogP contribution in [0.3, 0.4) is 0 Å². The lowest BCUT2D eigenvalue weighted by molar-refractivity contribution is 0.0663. The second-order valence-electron chi connectivity index (χ2n) is 17.0. The maximum atomic E-state index is 15.5. The molecule has 1 aliphatic carbocycles. The highest BCUT2D eigenvalue weighted by atomic mass is 32.2. The van der Waals surface area contributed by atoms with Gasteiger partial charge in [0, 0.05) is 61.1 Å². The molecule has 0 radical (unpaired) electrons. The van der Waals surface area contributed by atoms with Crippen LogP contribution in [0.15, 0.2) is 86.0 Å². The van der Waals surface area contributed by atoms with Crippen LogP contribution in [0.25, 0.3) is 28.1 Å². The molecule has 0 bridgehead atoms. The number of nitrogens with zero attached hydrogens (tertiary/aromatic N) is 7. The third-order valence-electron chi connectivity index (χ3n) is 13.4. The number of aryl methyl sites for hydroxylation is 2. The highest BCUT2D eigenvalue weighted by Crippen LogP contribution is 2.56. The van der Waals surface area contributed by atoms with Gasteiger partial charge in [-0.3, -0.25) is 28.8 Å². The number of H-pyrrole nitrogens is 1. The van der Waals surface area contributed by atoms with E-state index < -0.39 is 33.8 Å². The SMILES string of the molecule is COc1cc(-n2ccn(-c3c4c(nn3-c3cc(C)c(F)c(C)c3)CCN(C(=O)c3cc5cc(C6CCOCC6)ccc5n3[C@@]3(c5noc(=O)[nH]5)C[C@@H]3C)[C@H]4C)c2=O)ccc1S(=O)C=N. The van der Waals surface area contributed by atoms with Gasteiger partial charge in [-0.2, -0.15) is 5.10 Å². The molecule has 16 nitrogen and oxygen atoms in total. The second kappa shape index (κ2) is 15.5. The third kappa shape index (κ3) is 6.44. The molecule has 4 atom stereocenters. The molecule has 6 heterocycles. The summed E-state index contributed by atoms with van der Waals surface area (Å²) in [4.78, 5) is 47.4. The number of fused-ring (bicyclic) bond motifs is 2. The molecule has 1 saturated carbocycles. The zero-order chi connectivity index (χ0) is 44.8. The van der Waals surface area contributed by atoms with Crippen LogP contribution in [0.2, 0.25) is 0 Å². The summed E-state index contributed by atoms with van der Waals surface area (Å²) in [5.74, 6) is 0.0472. The number of carbonyl (C=O) groups excluding carboxylic acids is 1. The number of aromatic nitrogens is 7. The number of carbonyl (C=O) groups is 1. The average molecular weight is 888 g/mol. The van der Waals surface area contributed by atoms with Gasteiger partial charge in [-0.05, 0) is 111 Å². The number of hydrogen-bond acceptors (Lipinski definition) is 10. The molecule has 2 aliphatic heterocycles. The van der Waals surface area contributed by atoms with E-state index in [-0.39, 0.29) is 28.3 Å². The van der Waals surface area contributed by atoms with Gasteiger partial charge in [-0.25, -0.2) is 22.9 Å². The Morgan fingerprint density at radius 3 is 2.42 bits per heavy atom. The Bertz CT molecular complexity index is 3160. The largest absolute Gasteiger partial charge is 0.495 e. The topological polar surface area (TPSA) is 188 Å². The fraction of sp³-hybridized carbons (Fsp3) is 0.348. The van der Waals surface area contributed by atoms with Gasteiger partial charge in [0.05, 0.1) is 51.5 Å². The fourth-order valence-electron chi connectivity index (χ4n) is 9.98. The quantitative estimate of drug-likeness (QED) is 0.116. The molecule has 10 rings (SSSR count). The first-order valence-electron chi connectivity index (χ1n) is 21.2. The number of methoxy groups -OCH3 is 1. The maximum Gasteiger partial charge on any atom is 0.438 e. The van der Waals surface area contributed by atoms with E-state index in [0.717, 1.165) is 29.3 Å². The minimum absolute atomic E-state index is 0.00800. The summed E-state index contributed by atoms with van der Waals surface area (Å²) in [6, 6.07) is 15.8. The molecule has 3 aliphatic rings. The van der Waals surface area contributed by atoms with Gasteiger partial charge >= 0.3 is 11.4 Å². The summed E-state index contributed by atoms with van der Waals surface area (Å²) in [6.07, 6.45) is 6.00. The molecule has 0 spiro atoms. The van der Waals surface area contributed by atoms with E-state index in [1.54, 1.807) is 66.2 Å². The van der Waals surface area contributed by atoms with Gasteiger partial charge in [0.25, 0.3) is 5.91 Å². The molecule has 64 heavy (non-hydrogen) atoms. The minimum atomic E-state index is -1.74. The van der Waals surface area contributed by atoms with Crippen LogP contribution in [-0.4, -0.2) is 81.1 Å². The molecule has 2 N–H and O–H groups in total. The number of halogens is 1. The monoisotopic (exact) mass is 887 g/mol. The van der Waals surface area contributed by atoms with Crippen molar-refractivity contribution in [3.63, 3.8) is 0 Å². The van der Waals surface area contributed by atoms with Gasteiger partial charge < -0.3 is 18.9 Å². The Morgan fingerprint density at radius 1 is 1.02 bits per heavy atom. The van der Waals surface area contributed by atoms with Gasteiger partial charge in [0.2, 0.25) is 0 Å². The highest BCUT2D eigenvalue weighted by Gasteiger charge is 2.59. The number of nitrogens with one attached hydrogen (secondary N) is 2. The second-order valence-corrected chi connectivity index (χ2v) is 18.3. The van der Waals surface area contributed by atoms with Crippen molar-refractivity contribution in [1.82, 2.24) is 38.5 Å². The van der Waals surface area contributed by atoms with E-state index >= 15 is 9.18 Å². The van der Waals surface area contributed by atoms with Gasteiger partial charge in [0.15, 0.2) is 5.82 Å². The van der Waals surface area contributed by atoms with Crippen molar-refractivity contribution >= 4 is 33.2 Å². The van der Waals surface area contributed by atoms with Crippen molar-refractivity contribution in [2.75, 3.05) is 26.9 Å². The van der Waals surface area contributed by atoms with Crippen LogP contribution in [-0.2, 0) is 27.5 Å². The number of amides is 1. The first-order chi connectivity index (χ1) is 30.8. The number of benzene rings is 3. The van der Waals surface area contributed by atoms with E-state index in [1.165, 1.54) is 21.8 Å². The minimum Gasteiger partial charge on any atom is -0.495 e. The molecule has 2 fully saturated rings. The van der Waals surface area contributed by atoms with E-state index in [0.29, 0.717) is 89.6 Å². The molecule has 1 amide bonds. The Morgan fingerprint density at radius 2 is 1.75 bits per heavy atom. The average Bonchev–Trinajstić information content (AvgIpc) is 3.80. The normalized spacial score (nSPS) is 20.4. The molecule has 3 aromatic carbocycles. The zero-order valence-corrected chi connectivity index (χ0v) is 36.7. The predicted molar refractivity (Wildman–Crippen MR) is 236 cm³/mol. The van der Waals surface area contributed by atoms with Crippen molar-refractivity contribution in [2.45, 2.75) is 75.8 Å². The summed E-state index contributed by atoms with van der Waals surface area (Å²) >= 11 is 0. The van der Waals surface area contributed by atoms with Crippen LogP contribution < -0.4 is 16.2 Å². The number of hydrogen-bond donors (Lipinski definition) is 2. The van der Waals surface area contributed by atoms with Crippen LogP contribution >= 0.6 is 0 Å². The maximum absolute atomic E-state index is 15.5. The molecule has 18 heteroatoms. The first kappa shape index (κ1) is 41.4. The lowest BCUT2D eigenvalue weighted by atomic mass is 9.91. The summed E-state index contributed by atoms with van der Waals surface area (Å²) in [5, 5.41) is 17.6. The zero-order valence-electron chi connectivity index (χ0n) is 35.9. The van der Waals surface area contributed by atoms with E-state index in [9.17, 15) is 13.8 Å². The van der Waals surface area contributed by atoms with Crippen LogP contribution in [0.5, 0.6) is 5.75 Å². The van der Waals surface area contributed by atoms with Crippen molar-refractivity contribution in [3.8, 4) is 22.9 Å².